The Morgan fingerprint density at radius 1 is 1.18 bits per heavy atom. The number of amides is 1. The zero-order chi connectivity index (χ0) is 15.4. The lowest BCUT2D eigenvalue weighted by atomic mass is 10.1. The highest BCUT2D eigenvalue weighted by Crippen LogP contribution is 2.16. The first kappa shape index (κ1) is 14.7. The Labute approximate surface area is 133 Å². The largest absolute Gasteiger partial charge is 0.324 e. The number of aromatic nitrogens is 2. The Morgan fingerprint density at radius 2 is 1.95 bits per heavy atom. The first-order valence-corrected chi connectivity index (χ1v) is 8.34. The Balaban J connectivity index is 1.70. The lowest BCUT2D eigenvalue weighted by Gasteiger charge is -2.04. The van der Waals surface area contributed by atoms with Gasteiger partial charge in [0, 0.05) is 11.3 Å². The van der Waals surface area contributed by atoms with Gasteiger partial charge in [0.05, 0.1) is 11.0 Å². The Kier molecular flexibility index (Phi) is 4.44. The summed E-state index contributed by atoms with van der Waals surface area (Å²) in [7, 11) is 0. The van der Waals surface area contributed by atoms with Crippen LogP contribution >= 0.6 is 11.8 Å². The molecule has 0 bridgehead atoms. The normalized spacial score (nSPS) is 10.8. The van der Waals surface area contributed by atoms with Gasteiger partial charge in [0.2, 0.25) is 5.95 Å². The molecule has 4 nitrogen and oxygen atoms in total. The smallest absolute Gasteiger partial charge is 0.257 e. The van der Waals surface area contributed by atoms with Gasteiger partial charge in [0.1, 0.15) is 0 Å². The third kappa shape index (κ3) is 3.31. The van der Waals surface area contributed by atoms with E-state index in [2.05, 4.69) is 22.2 Å². The van der Waals surface area contributed by atoms with Crippen LogP contribution in [-0.4, -0.2) is 21.6 Å². The van der Waals surface area contributed by atoms with Gasteiger partial charge in [-0.2, -0.15) is 11.8 Å². The predicted molar refractivity (Wildman–Crippen MR) is 92.3 cm³/mol. The summed E-state index contributed by atoms with van der Waals surface area (Å²) in [6, 6.07) is 15.4. The number of fused-ring (bicyclic) bond motifs is 1. The van der Waals surface area contributed by atoms with E-state index >= 15 is 0 Å². The Bertz CT molecular complexity index is 747. The van der Waals surface area contributed by atoms with E-state index in [0.29, 0.717) is 11.5 Å². The molecule has 112 valence electrons. The second-order valence-electron chi connectivity index (χ2n) is 4.89. The summed E-state index contributed by atoms with van der Waals surface area (Å²) >= 11 is 1.86. The molecule has 0 aliphatic heterocycles. The van der Waals surface area contributed by atoms with Crippen molar-refractivity contribution in [2.24, 2.45) is 0 Å². The number of nitrogens with zero attached hydrogens (tertiary/aromatic N) is 1. The van der Waals surface area contributed by atoms with Gasteiger partial charge in [-0.3, -0.25) is 10.1 Å². The van der Waals surface area contributed by atoms with Crippen LogP contribution < -0.4 is 5.32 Å². The number of para-hydroxylation sites is 2. The number of aromatic amines is 1. The molecule has 0 radical (unpaired) electrons. The van der Waals surface area contributed by atoms with E-state index < -0.39 is 0 Å². The number of imidazole rings is 1. The molecule has 1 aromatic heterocycles. The van der Waals surface area contributed by atoms with Crippen molar-refractivity contribution in [3.05, 3.63) is 59.7 Å². The average Bonchev–Trinajstić information content (AvgIpc) is 2.95. The van der Waals surface area contributed by atoms with Crippen molar-refractivity contribution in [3.63, 3.8) is 0 Å². The zero-order valence-corrected chi connectivity index (χ0v) is 13.1. The maximum atomic E-state index is 12.2. The quantitative estimate of drug-likeness (QED) is 0.747. The maximum absolute atomic E-state index is 12.2. The van der Waals surface area contributed by atoms with Crippen LogP contribution in [0, 0.1) is 0 Å². The third-order valence-corrected chi connectivity index (χ3v) is 4.26. The molecule has 2 N–H and O–H groups in total. The summed E-state index contributed by atoms with van der Waals surface area (Å²) in [5.41, 5.74) is 3.60. The van der Waals surface area contributed by atoms with Crippen LogP contribution in [0.5, 0.6) is 0 Å². The van der Waals surface area contributed by atoms with Crippen LogP contribution in [0.25, 0.3) is 11.0 Å². The van der Waals surface area contributed by atoms with Gasteiger partial charge in [-0.05, 0) is 35.6 Å². The molecule has 3 rings (SSSR count). The van der Waals surface area contributed by atoms with E-state index in [9.17, 15) is 4.79 Å². The number of hydrogen-bond acceptors (Lipinski definition) is 3. The molecule has 0 fully saturated rings. The van der Waals surface area contributed by atoms with E-state index in [1.54, 1.807) is 0 Å². The topological polar surface area (TPSA) is 57.8 Å². The van der Waals surface area contributed by atoms with Crippen molar-refractivity contribution in [1.82, 2.24) is 9.97 Å². The van der Waals surface area contributed by atoms with E-state index in [-0.39, 0.29) is 5.91 Å². The molecule has 0 spiro atoms. The minimum atomic E-state index is -0.159. The number of benzene rings is 2. The average molecular weight is 311 g/mol. The summed E-state index contributed by atoms with van der Waals surface area (Å²) in [5.74, 6) is 2.38. The fraction of sp³-hybridized carbons (Fsp3) is 0.176. The fourth-order valence-electron chi connectivity index (χ4n) is 2.16. The van der Waals surface area contributed by atoms with Gasteiger partial charge >= 0.3 is 0 Å². The van der Waals surface area contributed by atoms with Crippen LogP contribution in [0.3, 0.4) is 0 Å². The maximum Gasteiger partial charge on any atom is 0.257 e. The summed E-state index contributed by atoms with van der Waals surface area (Å²) < 4.78 is 0. The van der Waals surface area contributed by atoms with Crippen LogP contribution in [-0.2, 0) is 5.75 Å². The number of nitrogens with one attached hydrogen (secondary N) is 2. The van der Waals surface area contributed by atoms with Crippen LogP contribution in [0.4, 0.5) is 5.95 Å². The monoisotopic (exact) mass is 311 g/mol. The van der Waals surface area contributed by atoms with Gasteiger partial charge in [-0.1, -0.05) is 31.2 Å². The number of thioether (sulfide) groups is 1. The molecule has 2 aromatic carbocycles. The lowest BCUT2D eigenvalue weighted by Crippen LogP contribution is -2.12. The molecule has 0 aliphatic rings. The standard InChI is InChI=1S/C17H17N3OS/c1-2-22-11-12-7-9-13(10-8-12)16(21)20-17-18-14-5-3-4-6-15(14)19-17/h3-10H,2,11H2,1H3,(H2,18,19,20,21). The predicted octanol–water partition coefficient (Wildman–Crippen LogP) is 4.07. The highest BCUT2D eigenvalue weighted by atomic mass is 32.2. The minimum Gasteiger partial charge on any atom is -0.324 e. The fourth-order valence-corrected chi connectivity index (χ4v) is 2.80. The molecule has 0 saturated carbocycles. The van der Waals surface area contributed by atoms with Gasteiger partial charge < -0.3 is 4.98 Å². The van der Waals surface area contributed by atoms with E-state index in [1.165, 1.54) is 5.56 Å². The number of rotatable bonds is 5. The molecule has 0 atom stereocenters. The number of anilines is 1. The van der Waals surface area contributed by atoms with Gasteiger partial charge in [0.25, 0.3) is 5.91 Å². The summed E-state index contributed by atoms with van der Waals surface area (Å²) in [5, 5.41) is 2.80. The van der Waals surface area contributed by atoms with Crippen LogP contribution in [0.1, 0.15) is 22.8 Å². The summed E-state index contributed by atoms with van der Waals surface area (Å²) in [6.45, 7) is 2.14. The van der Waals surface area contributed by atoms with E-state index in [4.69, 9.17) is 0 Å². The van der Waals surface area contributed by atoms with E-state index in [0.717, 1.165) is 22.5 Å². The first-order chi connectivity index (χ1) is 10.8. The van der Waals surface area contributed by atoms with Gasteiger partial charge in [-0.15, -0.1) is 0 Å². The summed E-state index contributed by atoms with van der Waals surface area (Å²) in [4.78, 5) is 19.7. The number of hydrogen-bond donors (Lipinski definition) is 2. The van der Waals surface area contributed by atoms with Crippen molar-refractivity contribution in [2.45, 2.75) is 12.7 Å². The molecular formula is C17H17N3OS. The molecule has 22 heavy (non-hydrogen) atoms. The molecule has 0 aliphatic carbocycles. The van der Waals surface area contributed by atoms with Crippen molar-refractivity contribution in [1.29, 1.82) is 0 Å². The second kappa shape index (κ2) is 6.66. The second-order valence-corrected chi connectivity index (χ2v) is 6.17. The Morgan fingerprint density at radius 3 is 2.68 bits per heavy atom. The summed E-state index contributed by atoms with van der Waals surface area (Å²) in [6.07, 6.45) is 0. The minimum absolute atomic E-state index is 0.159. The molecule has 0 unspecified atom stereocenters. The SMILES string of the molecule is CCSCc1ccc(C(=O)Nc2nc3ccccc3[nH]2)cc1. The van der Waals surface area contributed by atoms with Gasteiger partial charge in [-0.25, -0.2) is 4.98 Å². The highest BCUT2D eigenvalue weighted by molar-refractivity contribution is 7.98. The van der Waals surface area contributed by atoms with Crippen molar-refractivity contribution in [3.8, 4) is 0 Å². The van der Waals surface area contributed by atoms with Crippen molar-refractivity contribution in [2.75, 3.05) is 11.1 Å². The van der Waals surface area contributed by atoms with Crippen LogP contribution in [0.2, 0.25) is 0 Å². The lowest BCUT2D eigenvalue weighted by molar-refractivity contribution is 0.102. The van der Waals surface area contributed by atoms with Crippen molar-refractivity contribution >= 4 is 34.7 Å². The van der Waals surface area contributed by atoms with Crippen molar-refractivity contribution < 1.29 is 4.79 Å². The number of H-pyrrole nitrogens is 1. The van der Waals surface area contributed by atoms with E-state index in [1.807, 2.05) is 60.3 Å². The molecule has 5 heteroatoms. The number of carbonyl (C=O) groups excluding carboxylic acids is 1. The van der Waals surface area contributed by atoms with Gasteiger partial charge in [0.15, 0.2) is 0 Å². The molecular weight excluding hydrogens is 294 g/mol. The third-order valence-electron chi connectivity index (χ3n) is 3.31. The molecule has 1 heterocycles. The first-order valence-electron chi connectivity index (χ1n) is 7.19. The Hall–Kier alpha value is -2.27. The highest BCUT2D eigenvalue weighted by Gasteiger charge is 2.09. The molecule has 3 aromatic rings. The number of carbonyl (C=O) groups is 1. The van der Waals surface area contributed by atoms with Crippen LogP contribution in [0.15, 0.2) is 48.5 Å². The molecule has 1 amide bonds. The zero-order valence-electron chi connectivity index (χ0n) is 12.3. The molecule has 0 saturated heterocycles.